The second kappa shape index (κ2) is 10.1. The van der Waals surface area contributed by atoms with Crippen molar-refractivity contribution in [2.24, 2.45) is 0 Å². The summed E-state index contributed by atoms with van der Waals surface area (Å²) in [5.74, 6) is 1.37. The van der Waals surface area contributed by atoms with Gasteiger partial charge in [-0.3, -0.25) is 4.79 Å². The number of amides is 1. The van der Waals surface area contributed by atoms with Gasteiger partial charge in [-0.05, 0) is 50.6 Å². The maximum absolute atomic E-state index is 13.2. The lowest BCUT2D eigenvalue weighted by atomic mass is 10.1. The fourth-order valence-electron chi connectivity index (χ4n) is 4.37. The zero-order valence-corrected chi connectivity index (χ0v) is 21.4. The molecule has 0 aliphatic carbocycles. The van der Waals surface area contributed by atoms with Crippen molar-refractivity contribution in [1.82, 2.24) is 14.3 Å². The van der Waals surface area contributed by atoms with Crippen molar-refractivity contribution in [2.75, 3.05) is 36.4 Å². The summed E-state index contributed by atoms with van der Waals surface area (Å²) < 4.78 is 27.9. The summed E-state index contributed by atoms with van der Waals surface area (Å²) >= 11 is 0. The Morgan fingerprint density at radius 3 is 2.29 bits per heavy atom. The van der Waals surface area contributed by atoms with Gasteiger partial charge in [-0.15, -0.1) is 0 Å². The topological polar surface area (TPSA) is 95.5 Å². The summed E-state index contributed by atoms with van der Waals surface area (Å²) in [5.41, 5.74) is 4.72. The second-order valence-corrected chi connectivity index (χ2v) is 10.7. The van der Waals surface area contributed by atoms with Gasteiger partial charge < -0.3 is 10.2 Å². The Kier molecular flexibility index (Phi) is 7.18. The van der Waals surface area contributed by atoms with Crippen LogP contribution in [0.1, 0.15) is 30.7 Å². The SMILES string of the molecule is CCc1c(C)nc(-c2cccc(C)c2)nc1N1CCN(S(=O)(=O)c2ccc(NC(C)=O)cc2)CC1. The smallest absolute Gasteiger partial charge is 0.243 e. The van der Waals surface area contributed by atoms with E-state index in [0.29, 0.717) is 37.7 Å². The number of benzene rings is 2. The minimum Gasteiger partial charge on any atom is -0.354 e. The molecular weight excluding hydrogens is 462 g/mol. The van der Waals surface area contributed by atoms with Gasteiger partial charge in [-0.2, -0.15) is 4.31 Å². The molecule has 0 atom stereocenters. The molecule has 1 amide bonds. The number of nitrogens with one attached hydrogen (secondary N) is 1. The average molecular weight is 494 g/mol. The van der Waals surface area contributed by atoms with Crippen LogP contribution in [0.2, 0.25) is 0 Å². The minimum absolute atomic E-state index is 0.200. The van der Waals surface area contributed by atoms with Crippen molar-refractivity contribution in [3.8, 4) is 11.4 Å². The molecule has 0 spiro atoms. The number of aryl methyl sites for hydroxylation is 2. The predicted octanol–water partition coefficient (Wildman–Crippen LogP) is 3.79. The van der Waals surface area contributed by atoms with Crippen molar-refractivity contribution in [1.29, 1.82) is 0 Å². The normalized spacial score (nSPS) is 14.7. The molecule has 0 bridgehead atoms. The van der Waals surface area contributed by atoms with Crippen LogP contribution >= 0.6 is 0 Å². The average Bonchev–Trinajstić information content (AvgIpc) is 2.83. The Balaban J connectivity index is 1.54. The van der Waals surface area contributed by atoms with Gasteiger partial charge >= 0.3 is 0 Å². The van der Waals surface area contributed by atoms with Crippen LogP contribution < -0.4 is 10.2 Å². The zero-order valence-electron chi connectivity index (χ0n) is 20.6. The highest BCUT2D eigenvalue weighted by atomic mass is 32.2. The molecule has 0 saturated carbocycles. The summed E-state index contributed by atoms with van der Waals surface area (Å²) in [6, 6.07) is 14.4. The third-order valence-corrected chi connectivity index (χ3v) is 8.09. The van der Waals surface area contributed by atoms with Crippen molar-refractivity contribution in [3.63, 3.8) is 0 Å². The van der Waals surface area contributed by atoms with Gasteiger partial charge in [-0.1, -0.05) is 30.7 Å². The molecule has 1 fully saturated rings. The van der Waals surface area contributed by atoms with E-state index in [1.807, 2.05) is 32.0 Å². The minimum atomic E-state index is -3.63. The van der Waals surface area contributed by atoms with Crippen molar-refractivity contribution in [3.05, 3.63) is 65.4 Å². The van der Waals surface area contributed by atoms with Crippen LogP contribution in [-0.4, -0.2) is 54.8 Å². The third kappa shape index (κ3) is 5.36. The standard InChI is InChI=1S/C26H31N5O3S/c1-5-24-19(3)27-25(21-8-6-7-18(2)17-21)29-26(24)30-13-15-31(16-14-30)35(33,34)23-11-9-22(10-12-23)28-20(4)32/h6-12,17H,5,13-16H2,1-4H3,(H,28,32). The van der Waals surface area contributed by atoms with Crippen LogP contribution in [0.15, 0.2) is 53.4 Å². The number of anilines is 2. The molecule has 4 rings (SSSR count). The maximum atomic E-state index is 13.2. The van der Waals surface area contributed by atoms with Crippen LogP contribution in [0, 0.1) is 13.8 Å². The van der Waals surface area contributed by atoms with E-state index in [0.717, 1.165) is 34.6 Å². The summed E-state index contributed by atoms with van der Waals surface area (Å²) in [5, 5.41) is 2.66. The summed E-state index contributed by atoms with van der Waals surface area (Å²) in [6.07, 6.45) is 0.800. The van der Waals surface area contributed by atoms with Gasteiger partial charge in [0, 0.05) is 55.6 Å². The molecule has 2 aromatic carbocycles. The fourth-order valence-corrected chi connectivity index (χ4v) is 5.79. The molecule has 8 nitrogen and oxygen atoms in total. The fraction of sp³-hybridized carbons (Fsp3) is 0.346. The first-order valence-electron chi connectivity index (χ1n) is 11.8. The van der Waals surface area contributed by atoms with E-state index in [1.54, 1.807) is 12.1 Å². The summed E-state index contributed by atoms with van der Waals surface area (Å²) in [6.45, 7) is 9.37. The molecule has 0 unspecified atom stereocenters. The Morgan fingerprint density at radius 1 is 1.00 bits per heavy atom. The molecule has 9 heteroatoms. The maximum Gasteiger partial charge on any atom is 0.243 e. The van der Waals surface area contributed by atoms with Crippen LogP contribution in [-0.2, 0) is 21.2 Å². The highest BCUT2D eigenvalue weighted by molar-refractivity contribution is 7.89. The molecule has 2 heterocycles. The number of hydrogen-bond donors (Lipinski definition) is 1. The van der Waals surface area contributed by atoms with Crippen LogP contribution in [0.25, 0.3) is 11.4 Å². The molecule has 3 aromatic rings. The number of piperazine rings is 1. The molecular formula is C26H31N5O3S. The van der Waals surface area contributed by atoms with Gasteiger partial charge in [0.15, 0.2) is 5.82 Å². The number of carbonyl (C=O) groups excluding carboxylic acids is 1. The first kappa shape index (κ1) is 24.8. The van der Waals surface area contributed by atoms with E-state index >= 15 is 0 Å². The Morgan fingerprint density at radius 2 is 1.69 bits per heavy atom. The Labute approximate surface area is 207 Å². The van der Waals surface area contributed by atoms with E-state index < -0.39 is 10.0 Å². The molecule has 0 radical (unpaired) electrons. The van der Waals surface area contributed by atoms with Gasteiger partial charge in [0.1, 0.15) is 5.82 Å². The van der Waals surface area contributed by atoms with Gasteiger partial charge in [0.05, 0.1) is 4.90 Å². The Bertz CT molecular complexity index is 1330. The van der Waals surface area contributed by atoms with E-state index in [9.17, 15) is 13.2 Å². The molecule has 1 aromatic heterocycles. The number of rotatable bonds is 6. The van der Waals surface area contributed by atoms with Gasteiger partial charge in [0.2, 0.25) is 15.9 Å². The monoisotopic (exact) mass is 493 g/mol. The molecule has 35 heavy (non-hydrogen) atoms. The third-order valence-electron chi connectivity index (χ3n) is 6.17. The van der Waals surface area contributed by atoms with Crippen molar-refractivity contribution < 1.29 is 13.2 Å². The van der Waals surface area contributed by atoms with Crippen molar-refractivity contribution >= 4 is 27.4 Å². The number of carbonyl (C=O) groups is 1. The number of nitrogens with zero attached hydrogens (tertiary/aromatic N) is 4. The first-order valence-corrected chi connectivity index (χ1v) is 13.2. The Hall–Kier alpha value is -3.30. The summed E-state index contributed by atoms with van der Waals surface area (Å²) in [4.78, 5) is 23.3. The van der Waals surface area contributed by atoms with Crippen LogP contribution in [0.4, 0.5) is 11.5 Å². The highest BCUT2D eigenvalue weighted by Gasteiger charge is 2.30. The number of aromatic nitrogens is 2. The molecule has 1 N–H and O–H groups in total. The lowest BCUT2D eigenvalue weighted by Crippen LogP contribution is -2.49. The lowest BCUT2D eigenvalue weighted by Gasteiger charge is -2.35. The van der Waals surface area contributed by atoms with Crippen LogP contribution in [0.5, 0.6) is 0 Å². The quantitative estimate of drug-likeness (QED) is 0.561. The van der Waals surface area contributed by atoms with Crippen molar-refractivity contribution in [2.45, 2.75) is 39.0 Å². The van der Waals surface area contributed by atoms with Gasteiger partial charge in [0.25, 0.3) is 0 Å². The second-order valence-electron chi connectivity index (χ2n) is 8.75. The molecule has 1 saturated heterocycles. The molecule has 1 aliphatic heterocycles. The van der Waals surface area contributed by atoms with E-state index in [2.05, 4.69) is 23.2 Å². The molecule has 1 aliphatic rings. The van der Waals surface area contributed by atoms with Crippen LogP contribution in [0.3, 0.4) is 0 Å². The number of hydrogen-bond acceptors (Lipinski definition) is 6. The lowest BCUT2D eigenvalue weighted by molar-refractivity contribution is -0.114. The van der Waals surface area contributed by atoms with Gasteiger partial charge in [-0.25, -0.2) is 18.4 Å². The highest BCUT2D eigenvalue weighted by Crippen LogP contribution is 2.28. The summed E-state index contributed by atoms with van der Waals surface area (Å²) in [7, 11) is -3.63. The molecule has 184 valence electrons. The predicted molar refractivity (Wildman–Crippen MR) is 138 cm³/mol. The van der Waals surface area contributed by atoms with E-state index in [4.69, 9.17) is 9.97 Å². The van der Waals surface area contributed by atoms with E-state index in [1.165, 1.54) is 23.4 Å². The van der Waals surface area contributed by atoms with E-state index in [-0.39, 0.29) is 10.8 Å². The largest absolute Gasteiger partial charge is 0.354 e. The first-order chi connectivity index (χ1) is 16.7. The zero-order chi connectivity index (χ0) is 25.2. The number of sulfonamides is 1.